The average molecular weight is 316 g/mol. The van der Waals surface area contributed by atoms with Gasteiger partial charge in [-0.05, 0) is 38.3 Å². The minimum absolute atomic E-state index is 0.276. The van der Waals surface area contributed by atoms with Crippen molar-refractivity contribution in [2.75, 3.05) is 0 Å². The standard InChI is InChI=1S/C16H20N4OS/c1-11(12(2)20-7-4-6-18-20)17-9-15-13(3)21-16(19-15)14-5-8-22-10-14/h4-8,10-12,17H,9H2,1-3H3. The first-order chi connectivity index (χ1) is 10.6. The highest BCUT2D eigenvalue weighted by molar-refractivity contribution is 7.08. The van der Waals surface area contributed by atoms with Gasteiger partial charge in [0.05, 0.1) is 11.7 Å². The van der Waals surface area contributed by atoms with Gasteiger partial charge in [-0.3, -0.25) is 4.68 Å². The van der Waals surface area contributed by atoms with E-state index in [0.29, 0.717) is 12.4 Å². The Labute approximate surface area is 134 Å². The SMILES string of the molecule is Cc1oc(-c2ccsc2)nc1CNC(C)C(C)n1cccn1. The fourth-order valence-electron chi connectivity index (χ4n) is 2.28. The summed E-state index contributed by atoms with van der Waals surface area (Å²) in [6.07, 6.45) is 3.79. The lowest BCUT2D eigenvalue weighted by atomic mass is 10.1. The van der Waals surface area contributed by atoms with E-state index in [1.54, 1.807) is 17.5 Å². The number of hydrogen-bond donors (Lipinski definition) is 1. The Morgan fingerprint density at radius 3 is 2.95 bits per heavy atom. The third-order valence-corrected chi connectivity index (χ3v) is 4.60. The Morgan fingerprint density at radius 1 is 1.41 bits per heavy atom. The van der Waals surface area contributed by atoms with Gasteiger partial charge in [-0.15, -0.1) is 0 Å². The van der Waals surface area contributed by atoms with Crippen LogP contribution < -0.4 is 5.32 Å². The van der Waals surface area contributed by atoms with Gasteiger partial charge < -0.3 is 9.73 Å². The highest BCUT2D eigenvalue weighted by atomic mass is 32.1. The maximum Gasteiger partial charge on any atom is 0.227 e. The predicted octanol–water partition coefficient (Wildman–Crippen LogP) is 3.65. The van der Waals surface area contributed by atoms with Crippen molar-refractivity contribution in [3.8, 4) is 11.5 Å². The summed E-state index contributed by atoms with van der Waals surface area (Å²) in [5.41, 5.74) is 2.00. The molecule has 5 nitrogen and oxygen atoms in total. The van der Waals surface area contributed by atoms with Gasteiger partial charge in [0.1, 0.15) is 5.76 Å². The van der Waals surface area contributed by atoms with Crippen LogP contribution in [-0.4, -0.2) is 20.8 Å². The maximum absolute atomic E-state index is 5.76. The minimum Gasteiger partial charge on any atom is -0.441 e. The van der Waals surface area contributed by atoms with E-state index >= 15 is 0 Å². The van der Waals surface area contributed by atoms with Crippen molar-refractivity contribution in [3.63, 3.8) is 0 Å². The summed E-state index contributed by atoms with van der Waals surface area (Å²) in [4.78, 5) is 4.60. The molecule has 0 aliphatic carbocycles. The highest BCUT2D eigenvalue weighted by Crippen LogP contribution is 2.24. The number of nitrogens with one attached hydrogen (secondary N) is 1. The van der Waals surface area contributed by atoms with Crippen LogP contribution in [0, 0.1) is 6.92 Å². The van der Waals surface area contributed by atoms with Crippen molar-refractivity contribution < 1.29 is 4.42 Å². The van der Waals surface area contributed by atoms with E-state index < -0.39 is 0 Å². The van der Waals surface area contributed by atoms with Gasteiger partial charge in [0, 0.05) is 35.9 Å². The van der Waals surface area contributed by atoms with Crippen LogP contribution in [-0.2, 0) is 6.54 Å². The maximum atomic E-state index is 5.76. The van der Waals surface area contributed by atoms with Gasteiger partial charge in [0.15, 0.2) is 0 Å². The largest absolute Gasteiger partial charge is 0.441 e. The number of aromatic nitrogens is 3. The highest BCUT2D eigenvalue weighted by Gasteiger charge is 2.16. The summed E-state index contributed by atoms with van der Waals surface area (Å²) in [7, 11) is 0. The Hall–Kier alpha value is -1.92. The summed E-state index contributed by atoms with van der Waals surface area (Å²) in [5.74, 6) is 1.57. The third kappa shape index (κ3) is 3.13. The first kappa shape index (κ1) is 15.0. The Kier molecular flexibility index (Phi) is 4.40. The average Bonchev–Trinajstić information content (AvgIpc) is 3.25. The van der Waals surface area contributed by atoms with Gasteiger partial charge >= 0.3 is 0 Å². The molecule has 3 aromatic rings. The van der Waals surface area contributed by atoms with Crippen LogP contribution in [0.15, 0.2) is 39.7 Å². The second-order valence-electron chi connectivity index (χ2n) is 5.43. The smallest absolute Gasteiger partial charge is 0.227 e. The Bertz CT molecular complexity index is 703. The number of nitrogens with zero attached hydrogens (tertiary/aromatic N) is 3. The third-order valence-electron chi connectivity index (χ3n) is 3.92. The second-order valence-corrected chi connectivity index (χ2v) is 6.21. The monoisotopic (exact) mass is 316 g/mol. The second kappa shape index (κ2) is 6.46. The summed E-state index contributed by atoms with van der Waals surface area (Å²) < 4.78 is 7.72. The molecule has 3 heterocycles. The van der Waals surface area contributed by atoms with Crippen LogP contribution in [0.4, 0.5) is 0 Å². The molecule has 1 N–H and O–H groups in total. The molecule has 0 aliphatic heterocycles. The molecule has 22 heavy (non-hydrogen) atoms. The summed E-state index contributed by atoms with van der Waals surface area (Å²) >= 11 is 1.64. The number of rotatable bonds is 6. The zero-order valence-electron chi connectivity index (χ0n) is 13.0. The zero-order chi connectivity index (χ0) is 15.5. The summed E-state index contributed by atoms with van der Waals surface area (Å²) in [6.45, 7) is 6.95. The fourth-order valence-corrected chi connectivity index (χ4v) is 2.91. The van der Waals surface area contributed by atoms with E-state index in [2.05, 4.69) is 29.2 Å². The van der Waals surface area contributed by atoms with E-state index in [9.17, 15) is 0 Å². The normalized spacial score (nSPS) is 14.1. The molecular formula is C16H20N4OS. The molecule has 3 rings (SSSR count). The molecule has 2 unspecified atom stereocenters. The lowest BCUT2D eigenvalue weighted by Crippen LogP contribution is -2.33. The molecule has 0 aromatic carbocycles. The van der Waals surface area contributed by atoms with Crippen LogP contribution in [0.25, 0.3) is 11.5 Å². The molecule has 2 atom stereocenters. The molecule has 3 aromatic heterocycles. The minimum atomic E-state index is 0.276. The van der Waals surface area contributed by atoms with Crippen LogP contribution in [0.3, 0.4) is 0 Å². The van der Waals surface area contributed by atoms with Crippen LogP contribution in [0.5, 0.6) is 0 Å². The predicted molar refractivity (Wildman–Crippen MR) is 87.8 cm³/mol. The van der Waals surface area contributed by atoms with Crippen LogP contribution >= 0.6 is 11.3 Å². The molecule has 0 saturated carbocycles. The van der Waals surface area contributed by atoms with Gasteiger partial charge in [0.2, 0.25) is 5.89 Å². The van der Waals surface area contributed by atoms with Crippen molar-refractivity contribution in [1.82, 2.24) is 20.1 Å². The van der Waals surface area contributed by atoms with E-state index in [-0.39, 0.29) is 12.1 Å². The molecule has 0 saturated heterocycles. The van der Waals surface area contributed by atoms with Crippen molar-refractivity contribution in [2.45, 2.75) is 39.4 Å². The number of aryl methyl sites for hydroxylation is 1. The van der Waals surface area contributed by atoms with Gasteiger partial charge in [0.25, 0.3) is 0 Å². The van der Waals surface area contributed by atoms with E-state index in [0.717, 1.165) is 17.0 Å². The van der Waals surface area contributed by atoms with E-state index in [1.165, 1.54) is 0 Å². The Balaban J connectivity index is 1.64. The first-order valence-electron chi connectivity index (χ1n) is 7.36. The van der Waals surface area contributed by atoms with Crippen molar-refractivity contribution in [2.24, 2.45) is 0 Å². The zero-order valence-corrected chi connectivity index (χ0v) is 13.8. The molecular weight excluding hydrogens is 296 g/mol. The summed E-state index contributed by atoms with van der Waals surface area (Å²) in [6, 6.07) is 4.52. The molecule has 0 aliphatic rings. The van der Waals surface area contributed by atoms with Gasteiger partial charge in [-0.1, -0.05) is 0 Å². The van der Waals surface area contributed by atoms with E-state index in [1.807, 2.05) is 40.7 Å². The number of hydrogen-bond acceptors (Lipinski definition) is 5. The summed E-state index contributed by atoms with van der Waals surface area (Å²) in [5, 5.41) is 11.9. The van der Waals surface area contributed by atoms with Crippen molar-refractivity contribution in [3.05, 3.63) is 46.7 Å². The van der Waals surface area contributed by atoms with Gasteiger partial charge in [-0.25, -0.2) is 4.98 Å². The molecule has 0 radical (unpaired) electrons. The van der Waals surface area contributed by atoms with Gasteiger partial charge in [-0.2, -0.15) is 16.4 Å². The fraction of sp³-hybridized carbons (Fsp3) is 0.375. The lowest BCUT2D eigenvalue weighted by Gasteiger charge is -2.21. The van der Waals surface area contributed by atoms with Crippen LogP contribution in [0.2, 0.25) is 0 Å². The number of thiophene rings is 1. The molecule has 0 fully saturated rings. The van der Waals surface area contributed by atoms with Crippen molar-refractivity contribution >= 4 is 11.3 Å². The molecule has 0 bridgehead atoms. The van der Waals surface area contributed by atoms with E-state index in [4.69, 9.17) is 4.42 Å². The molecule has 0 amide bonds. The van der Waals surface area contributed by atoms with Crippen molar-refractivity contribution in [1.29, 1.82) is 0 Å². The Morgan fingerprint density at radius 2 is 2.27 bits per heavy atom. The lowest BCUT2D eigenvalue weighted by molar-refractivity contribution is 0.363. The molecule has 6 heteroatoms. The quantitative estimate of drug-likeness (QED) is 0.754. The molecule has 0 spiro atoms. The topological polar surface area (TPSA) is 55.9 Å². The molecule has 116 valence electrons. The van der Waals surface area contributed by atoms with Crippen LogP contribution in [0.1, 0.15) is 31.3 Å². The first-order valence-corrected chi connectivity index (χ1v) is 8.31. The number of oxazole rings is 1.